The lowest BCUT2D eigenvalue weighted by Crippen LogP contribution is -1.95. The van der Waals surface area contributed by atoms with Crippen LogP contribution in [0.2, 0.25) is 0 Å². The van der Waals surface area contributed by atoms with Gasteiger partial charge in [0.2, 0.25) is 0 Å². The molecule has 1 aromatic heterocycles. The molecule has 0 radical (unpaired) electrons. The number of hydrogen-bond acceptors (Lipinski definition) is 2. The van der Waals surface area contributed by atoms with Gasteiger partial charge in [-0.05, 0) is 30.7 Å². The van der Waals surface area contributed by atoms with Gasteiger partial charge in [0.25, 0.3) is 0 Å². The first-order valence-corrected chi connectivity index (χ1v) is 6.35. The predicted octanol–water partition coefficient (Wildman–Crippen LogP) is 3.23. The van der Waals surface area contributed by atoms with E-state index in [-0.39, 0.29) is 0 Å². The molecule has 0 atom stereocenters. The molecular weight excluding hydrogens is 322 g/mol. The molecule has 1 heterocycles. The van der Waals surface area contributed by atoms with E-state index in [1.54, 1.807) is 4.68 Å². The van der Waals surface area contributed by atoms with E-state index in [1.807, 2.05) is 12.3 Å². The molecule has 0 N–H and O–H groups in total. The minimum atomic E-state index is 0.722. The molecule has 2 rings (SSSR count). The highest BCUT2D eigenvalue weighted by molar-refractivity contribution is 9.10. The normalized spacial score (nSPS) is 10.6. The molecule has 1 aromatic carbocycles. The van der Waals surface area contributed by atoms with Crippen molar-refractivity contribution < 1.29 is 0 Å². The van der Waals surface area contributed by atoms with E-state index in [2.05, 4.69) is 61.2 Å². The van der Waals surface area contributed by atoms with Crippen molar-refractivity contribution in [1.29, 1.82) is 0 Å². The summed E-state index contributed by atoms with van der Waals surface area (Å²) in [6.45, 7) is 2.05. The maximum atomic E-state index is 4.06. The number of halogens is 2. The third kappa shape index (κ3) is 2.46. The largest absolute Gasteiger partial charge is 0.220 e. The van der Waals surface area contributed by atoms with Crippen molar-refractivity contribution >= 4 is 31.9 Å². The molecule has 78 valence electrons. The Morgan fingerprint density at radius 2 is 2.13 bits per heavy atom. The van der Waals surface area contributed by atoms with Gasteiger partial charge in [0, 0.05) is 9.80 Å². The molecule has 0 bridgehead atoms. The van der Waals surface area contributed by atoms with Gasteiger partial charge in [0.05, 0.1) is 17.6 Å². The van der Waals surface area contributed by atoms with E-state index in [0.717, 1.165) is 21.2 Å². The minimum Gasteiger partial charge on any atom is -0.220 e. The first kappa shape index (κ1) is 10.8. The van der Waals surface area contributed by atoms with Gasteiger partial charge < -0.3 is 0 Å². The molecule has 2 aromatic rings. The van der Waals surface area contributed by atoms with Gasteiger partial charge in [-0.15, -0.1) is 5.10 Å². The van der Waals surface area contributed by atoms with Crippen LogP contribution in [0.15, 0.2) is 28.9 Å². The summed E-state index contributed by atoms with van der Waals surface area (Å²) in [7, 11) is 0. The maximum Gasteiger partial charge on any atom is 0.0937 e. The first-order valence-electron chi connectivity index (χ1n) is 4.44. The van der Waals surface area contributed by atoms with Gasteiger partial charge in [0.15, 0.2) is 0 Å². The molecule has 0 saturated carbocycles. The predicted molar refractivity (Wildman–Crippen MR) is 66.4 cm³/mol. The molecule has 0 spiro atoms. The highest BCUT2D eigenvalue weighted by atomic mass is 79.9. The Morgan fingerprint density at radius 3 is 2.73 bits per heavy atom. The quantitative estimate of drug-likeness (QED) is 0.791. The van der Waals surface area contributed by atoms with Crippen molar-refractivity contribution in [2.75, 3.05) is 0 Å². The Labute approximate surface area is 105 Å². The number of rotatable bonds is 2. The average Bonchev–Trinajstić information content (AvgIpc) is 2.64. The van der Waals surface area contributed by atoms with E-state index < -0.39 is 0 Å². The van der Waals surface area contributed by atoms with E-state index in [4.69, 9.17) is 0 Å². The van der Waals surface area contributed by atoms with Crippen LogP contribution in [-0.4, -0.2) is 15.0 Å². The molecule has 0 aliphatic carbocycles. The van der Waals surface area contributed by atoms with Gasteiger partial charge in [-0.2, -0.15) is 0 Å². The first-order chi connectivity index (χ1) is 7.19. The molecule has 0 aliphatic heterocycles. The number of benzene rings is 1. The Bertz CT molecular complexity index is 459. The number of alkyl halides is 1. The van der Waals surface area contributed by atoms with Crippen LogP contribution in [0.25, 0.3) is 5.69 Å². The van der Waals surface area contributed by atoms with Gasteiger partial charge >= 0.3 is 0 Å². The fraction of sp³-hybridized carbons (Fsp3) is 0.200. The maximum absolute atomic E-state index is 4.06. The van der Waals surface area contributed by atoms with Crippen LogP contribution in [0.4, 0.5) is 0 Å². The van der Waals surface area contributed by atoms with Crippen molar-refractivity contribution in [1.82, 2.24) is 15.0 Å². The smallest absolute Gasteiger partial charge is 0.0937 e. The van der Waals surface area contributed by atoms with E-state index in [1.165, 1.54) is 5.56 Å². The van der Waals surface area contributed by atoms with Gasteiger partial charge in [-0.1, -0.05) is 37.1 Å². The van der Waals surface area contributed by atoms with Gasteiger partial charge in [-0.25, -0.2) is 4.68 Å². The number of aryl methyl sites for hydroxylation is 1. The summed E-state index contributed by atoms with van der Waals surface area (Å²) in [5.41, 5.74) is 3.13. The average molecular weight is 331 g/mol. The monoisotopic (exact) mass is 329 g/mol. The summed E-state index contributed by atoms with van der Waals surface area (Å²) in [6.07, 6.45) is 1.91. The summed E-state index contributed by atoms with van der Waals surface area (Å²) in [6, 6.07) is 6.14. The van der Waals surface area contributed by atoms with Crippen LogP contribution in [-0.2, 0) is 5.33 Å². The summed E-state index contributed by atoms with van der Waals surface area (Å²) >= 11 is 6.81. The summed E-state index contributed by atoms with van der Waals surface area (Å²) < 4.78 is 2.82. The lowest BCUT2D eigenvalue weighted by molar-refractivity contribution is 0.799. The third-order valence-electron chi connectivity index (χ3n) is 1.97. The van der Waals surface area contributed by atoms with E-state index >= 15 is 0 Å². The Balaban J connectivity index is 2.44. The van der Waals surface area contributed by atoms with E-state index in [0.29, 0.717) is 0 Å². The molecule has 0 aliphatic rings. The van der Waals surface area contributed by atoms with Crippen LogP contribution in [0.5, 0.6) is 0 Å². The second kappa shape index (κ2) is 4.45. The number of hydrogen-bond donors (Lipinski definition) is 0. The highest BCUT2D eigenvalue weighted by Crippen LogP contribution is 2.18. The Morgan fingerprint density at radius 1 is 1.33 bits per heavy atom. The molecule has 0 fully saturated rings. The van der Waals surface area contributed by atoms with Crippen LogP contribution in [0, 0.1) is 6.92 Å². The van der Waals surface area contributed by atoms with Crippen molar-refractivity contribution in [2.24, 2.45) is 0 Å². The van der Waals surface area contributed by atoms with Crippen LogP contribution < -0.4 is 0 Å². The molecule has 15 heavy (non-hydrogen) atoms. The van der Waals surface area contributed by atoms with Crippen molar-refractivity contribution in [3.63, 3.8) is 0 Å². The zero-order valence-electron chi connectivity index (χ0n) is 8.11. The molecular formula is C10H9Br2N3. The lowest BCUT2D eigenvalue weighted by atomic mass is 10.2. The Kier molecular flexibility index (Phi) is 3.21. The molecule has 0 unspecified atom stereocenters. The standard InChI is InChI=1S/C10H9Br2N3/c1-7-2-8(12)4-10(3-7)15-6-9(5-11)13-14-15/h2-4,6H,5H2,1H3. The Hall–Kier alpha value is -0.680. The summed E-state index contributed by atoms with van der Waals surface area (Å²) in [5, 5.41) is 8.80. The second-order valence-electron chi connectivity index (χ2n) is 3.27. The zero-order chi connectivity index (χ0) is 10.8. The highest BCUT2D eigenvalue weighted by Gasteiger charge is 2.02. The molecule has 3 nitrogen and oxygen atoms in total. The van der Waals surface area contributed by atoms with Crippen molar-refractivity contribution in [3.8, 4) is 5.69 Å². The SMILES string of the molecule is Cc1cc(Br)cc(-n2cc(CBr)nn2)c1. The molecule has 5 heteroatoms. The van der Waals surface area contributed by atoms with Crippen LogP contribution in [0.1, 0.15) is 11.3 Å². The molecule has 0 amide bonds. The minimum absolute atomic E-state index is 0.722. The van der Waals surface area contributed by atoms with Crippen LogP contribution in [0.3, 0.4) is 0 Å². The fourth-order valence-corrected chi connectivity index (χ4v) is 2.19. The summed E-state index contributed by atoms with van der Waals surface area (Å²) in [4.78, 5) is 0. The fourth-order valence-electron chi connectivity index (χ4n) is 1.34. The zero-order valence-corrected chi connectivity index (χ0v) is 11.3. The third-order valence-corrected chi connectivity index (χ3v) is 3.00. The van der Waals surface area contributed by atoms with E-state index in [9.17, 15) is 0 Å². The number of aromatic nitrogens is 3. The lowest BCUT2D eigenvalue weighted by Gasteiger charge is -2.02. The van der Waals surface area contributed by atoms with Gasteiger partial charge in [0.1, 0.15) is 0 Å². The van der Waals surface area contributed by atoms with Gasteiger partial charge in [-0.3, -0.25) is 0 Å². The molecule has 0 saturated heterocycles. The van der Waals surface area contributed by atoms with Crippen molar-refractivity contribution in [2.45, 2.75) is 12.3 Å². The van der Waals surface area contributed by atoms with Crippen molar-refractivity contribution in [3.05, 3.63) is 40.1 Å². The topological polar surface area (TPSA) is 30.7 Å². The summed E-state index contributed by atoms with van der Waals surface area (Å²) in [5.74, 6) is 0. The van der Waals surface area contributed by atoms with Crippen LogP contribution >= 0.6 is 31.9 Å². The second-order valence-corrected chi connectivity index (χ2v) is 4.75. The number of nitrogens with zero attached hydrogens (tertiary/aromatic N) is 3.